The topological polar surface area (TPSA) is 17.1 Å². The quantitative estimate of drug-likeness (QED) is 0.549. The fraction of sp³-hybridized carbons (Fsp3) is 0.857. The van der Waals surface area contributed by atoms with Gasteiger partial charge in [-0.15, -0.1) is 0 Å². The van der Waals surface area contributed by atoms with Gasteiger partial charge in [0.1, 0.15) is 5.78 Å². The van der Waals surface area contributed by atoms with Crippen LogP contribution in [0.1, 0.15) is 13.3 Å². The van der Waals surface area contributed by atoms with E-state index < -0.39 is 0 Å². The van der Waals surface area contributed by atoms with Crippen LogP contribution in [0.2, 0.25) is 0 Å². The number of hydrogen-bond donors (Lipinski definition) is 0. The number of thioether (sulfide) groups is 1. The fourth-order valence-corrected chi connectivity index (χ4v) is 3.53. The molecule has 0 bridgehead atoms. The first kappa shape index (κ1) is 5.78. The molecule has 9 heavy (non-hydrogen) atoms. The molecular weight excluding hydrogens is 132 g/mol. The number of Topliss-reactive ketones (excluding diaryl/α,β-unsaturated/α-hetero) is 1. The minimum absolute atomic E-state index is 0.414. The molecule has 0 unspecified atom stereocenters. The lowest BCUT2D eigenvalue weighted by Crippen LogP contribution is -1.99. The van der Waals surface area contributed by atoms with Crippen molar-refractivity contribution in [2.24, 2.45) is 11.8 Å². The number of rotatable bonds is 1. The third kappa shape index (κ3) is 0.725. The number of fused-ring (bicyclic) bond motifs is 1. The zero-order valence-electron chi connectivity index (χ0n) is 5.46. The van der Waals surface area contributed by atoms with Crippen molar-refractivity contribution >= 4 is 17.5 Å². The first-order valence-electron chi connectivity index (χ1n) is 3.43. The van der Waals surface area contributed by atoms with Crippen LogP contribution in [0.5, 0.6) is 0 Å². The highest BCUT2D eigenvalue weighted by Crippen LogP contribution is 2.56. The third-order valence-electron chi connectivity index (χ3n) is 2.33. The van der Waals surface area contributed by atoms with Gasteiger partial charge in [-0.3, -0.25) is 4.79 Å². The molecule has 1 saturated carbocycles. The molecule has 2 rings (SSSR count). The molecule has 1 aliphatic heterocycles. The molecule has 1 heterocycles. The fourth-order valence-electron chi connectivity index (χ4n) is 1.79. The van der Waals surface area contributed by atoms with Crippen molar-refractivity contribution in [3.63, 3.8) is 0 Å². The number of hydrogen-bond acceptors (Lipinski definition) is 2. The molecule has 1 saturated heterocycles. The second-order valence-electron chi connectivity index (χ2n) is 2.92. The van der Waals surface area contributed by atoms with Crippen LogP contribution in [0, 0.1) is 11.8 Å². The third-order valence-corrected chi connectivity index (χ3v) is 3.83. The Morgan fingerprint density at radius 2 is 2.44 bits per heavy atom. The Labute approximate surface area is 59.2 Å². The second-order valence-corrected chi connectivity index (χ2v) is 4.21. The Morgan fingerprint density at radius 1 is 1.67 bits per heavy atom. The Kier molecular flexibility index (Phi) is 1.12. The van der Waals surface area contributed by atoms with E-state index in [0.717, 1.165) is 11.2 Å². The van der Waals surface area contributed by atoms with Crippen molar-refractivity contribution in [3.8, 4) is 0 Å². The van der Waals surface area contributed by atoms with Gasteiger partial charge in [0.05, 0.1) is 0 Å². The van der Waals surface area contributed by atoms with Gasteiger partial charge in [-0.2, -0.15) is 11.8 Å². The Balaban J connectivity index is 2.02. The summed E-state index contributed by atoms with van der Waals surface area (Å²) in [7, 11) is 0. The average Bonchev–Trinajstić information content (AvgIpc) is 2.30. The van der Waals surface area contributed by atoms with E-state index in [4.69, 9.17) is 0 Å². The average molecular weight is 142 g/mol. The lowest BCUT2D eigenvalue weighted by atomic mass is 10.2. The molecule has 50 valence electrons. The van der Waals surface area contributed by atoms with Crippen molar-refractivity contribution in [2.45, 2.75) is 18.6 Å². The normalized spacial score (nSPS) is 46.6. The smallest absolute Gasteiger partial charge is 0.134 e. The van der Waals surface area contributed by atoms with Gasteiger partial charge in [-0.1, -0.05) is 0 Å². The molecule has 3 atom stereocenters. The number of carbonyl (C=O) groups excluding carboxylic acids is 1. The summed E-state index contributed by atoms with van der Waals surface area (Å²) in [6.07, 6.45) is 1.29. The summed E-state index contributed by atoms with van der Waals surface area (Å²) in [5.74, 6) is 2.95. The summed E-state index contributed by atoms with van der Waals surface area (Å²) in [5, 5.41) is 0.738. The van der Waals surface area contributed by atoms with Gasteiger partial charge in [0.15, 0.2) is 0 Å². The summed E-state index contributed by atoms with van der Waals surface area (Å²) in [4.78, 5) is 10.8. The van der Waals surface area contributed by atoms with Crippen LogP contribution in [-0.2, 0) is 4.79 Å². The summed E-state index contributed by atoms with van der Waals surface area (Å²) in [5.41, 5.74) is 0. The molecule has 0 spiro atoms. The highest BCUT2D eigenvalue weighted by Gasteiger charge is 2.55. The van der Waals surface area contributed by atoms with Gasteiger partial charge in [0.25, 0.3) is 0 Å². The van der Waals surface area contributed by atoms with Crippen molar-refractivity contribution in [3.05, 3.63) is 0 Å². The predicted molar refractivity (Wildman–Crippen MR) is 38.5 cm³/mol. The first-order chi connectivity index (χ1) is 4.30. The van der Waals surface area contributed by atoms with Crippen LogP contribution < -0.4 is 0 Å². The first-order valence-corrected chi connectivity index (χ1v) is 4.47. The van der Waals surface area contributed by atoms with Gasteiger partial charge >= 0.3 is 0 Å². The highest BCUT2D eigenvalue weighted by molar-refractivity contribution is 8.00. The van der Waals surface area contributed by atoms with Crippen LogP contribution in [0.15, 0.2) is 0 Å². The molecule has 0 aromatic carbocycles. The van der Waals surface area contributed by atoms with Gasteiger partial charge < -0.3 is 0 Å². The molecule has 0 radical (unpaired) electrons. The van der Waals surface area contributed by atoms with Crippen LogP contribution >= 0.6 is 11.8 Å². The molecular formula is C7H10OS. The van der Waals surface area contributed by atoms with E-state index in [0.29, 0.717) is 11.7 Å². The molecule has 1 nitrogen and oxygen atoms in total. The summed E-state index contributed by atoms with van der Waals surface area (Å²) in [6.45, 7) is 1.73. The number of ketones is 1. The predicted octanol–water partition coefficient (Wildman–Crippen LogP) is 1.33. The lowest BCUT2D eigenvalue weighted by molar-refractivity contribution is -0.118. The van der Waals surface area contributed by atoms with Crippen molar-refractivity contribution < 1.29 is 4.79 Å². The maximum atomic E-state index is 10.8. The van der Waals surface area contributed by atoms with E-state index in [-0.39, 0.29) is 0 Å². The number of carbonyl (C=O) groups is 1. The highest BCUT2D eigenvalue weighted by atomic mass is 32.2. The summed E-state index contributed by atoms with van der Waals surface area (Å²) in [6, 6.07) is 0. The van der Waals surface area contributed by atoms with E-state index in [1.165, 1.54) is 12.2 Å². The Hall–Kier alpha value is 0.0200. The maximum absolute atomic E-state index is 10.8. The van der Waals surface area contributed by atoms with Gasteiger partial charge in [-0.25, -0.2) is 0 Å². The standard InChI is InChI=1S/C7H10OS/c1-4(8)6-5-2-3-9-7(5)6/h5-7H,2-3H2,1H3/t5-,6-,7-/m1/s1. The van der Waals surface area contributed by atoms with Crippen molar-refractivity contribution in [1.82, 2.24) is 0 Å². The molecule has 0 amide bonds. The minimum atomic E-state index is 0.414. The van der Waals surface area contributed by atoms with E-state index >= 15 is 0 Å². The Morgan fingerprint density at radius 3 is 2.78 bits per heavy atom. The molecule has 0 aromatic rings. The van der Waals surface area contributed by atoms with E-state index in [9.17, 15) is 4.79 Å². The zero-order valence-corrected chi connectivity index (χ0v) is 6.28. The van der Waals surface area contributed by atoms with Crippen molar-refractivity contribution in [2.75, 3.05) is 5.75 Å². The van der Waals surface area contributed by atoms with E-state index in [1.54, 1.807) is 6.92 Å². The SMILES string of the molecule is CC(=O)[C@@H]1[C@H]2CCS[C@H]21. The van der Waals surface area contributed by atoms with Crippen LogP contribution in [0.3, 0.4) is 0 Å². The summed E-state index contributed by atoms with van der Waals surface area (Å²) >= 11 is 1.99. The van der Waals surface area contributed by atoms with E-state index in [1.807, 2.05) is 11.8 Å². The summed E-state index contributed by atoms with van der Waals surface area (Å²) < 4.78 is 0. The molecule has 2 heteroatoms. The van der Waals surface area contributed by atoms with Gasteiger partial charge in [0, 0.05) is 11.2 Å². The second kappa shape index (κ2) is 1.75. The van der Waals surface area contributed by atoms with Crippen LogP contribution in [0.4, 0.5) is 0 Å². The largest absolute Gasteiger partial charge is 0.300 e. The zero-order chi connectivity index (χ0) is 6.43. The monoisotopic (exact) mass is 142 g/mol. The molecule has 0 aromatic heterocycles. The van der Waals surface area contributed by atoms with Gasteiger partial charge in [-0.05, 0) is 25.0 Å². The molecule has 2 aliphatic rings. The van der Waals surface area contributed by atoms with Crippen LogP contribution in [-0.4, -0.2) is 16.8 Å². The van der Waals surface area contributed by atoms with Crippen LogP contribution in [0.25, 0.3) is 0 Å². The maximum Gasteiger partial charge on any atom is 0.134 e. The Bertz CT molecular complexity index is 145. The molecule has 0 N–H and O–H groups in total. The lowest BCUT2D eigenvalue weighted by Gasteiger charge is -1.94. The minimum Gasteiger partial charge on any atom is -0.300 e. The van der Waals surface area contributed by atoms with Crippen molar-refractivity contribution in [1.29, 1.82) is 0 Å². The molecule has 1 aliphatic carbocycles. The molecule has 2 fully saturated rings. The van der Waals surface area contributed by atoms with E-state index in [2.05, 4.69) is 0 Å². The van der Waals surface area contributed by atoms with Gasteiger partial charge in [0.2, 0.25) is 0 Å².